The molecular formula is C21H26N2O2. The van der Waals surface area contributed by atoms with Crippen LogP contribution in [-0.4, -0.2) is 29.9 Å². The Bertz CT molecular complexity index is 664. The largest absolute Gasteiger partial charge is 0.489 e. The number of hydrogen-bond acceptors (Lipinski definition) is 3. The summed E-state index contributed by atoms with van der Waals surface area (Å²) in [6.45, 7) is 2.24. The van der Waals surface area contributed by atoms with Crippen LogP contribution in [-0.2, 0) is 17.8 Å². The fourth-order valence-corrected chi connectivity index (χ4v) is 3.15. The molecule has 0 spiro atoms. The normalized spacial score (nSPS) is 15.6. The van der Waals surface area contributed by atoms with Gasteiger partial charge < -0.3 is 15.4 Å². The number of hydrogen-bond donors (Lipinski definition) is 1. The molecule has 3 rings (SSSR count). The van der Waals surface area contributed by atoms with Crippen LogP contribution in [0.2, 0.25) is 0 Å². The highest BCUT2D eigenvalue weighted by molar-refractivity contribution is 5.82. The lowest BCUT2D eigenvalue weighted by Gasteiger charge is -2.29. The Morgan fingerprint density at radius 1 is 0.960 bits per heavy atom. The first-order valence-electron chi connectivity index (χ1n) is 9.02. The summed E-state index contributed by atoms with van der Waals surface area (Å²) in [7, 11) is 0. The zero-order valence-corrected chi connectivity index (χ0v) is 14.6. The molecule has 0 radical (unpaired) electrons. The number of rotatable bonds is 6. The number of nitrogens with two attached hydrogens (primary N) is 1. The molecule has 1 atom stereocenters. The molecule has 2 aromatic rings. The Morgan fingerprint density at radius 3 is 2.32 bits per heavy atom. The van der Waals surface area contributed by atoms with E-state index >= 15 is 0 Å². The molecule has 132 valence electrons. The first kappa shape index (κ1) is 17.5. The van der Waals surface area contributed by atoms with Gasteiger partial charge in [0.2, 0.25) is 5.91 Å². The first-order valence-corrected chi connectivity index (χ1v) is 9.02. The van der Waals surface area contributed by atoms with Crippen molar-refractivity contribution in [3.05, 3.63) is 65.7 Å². The number of carbonyl (C=O) groups is 1. The predicted molar refractivity (Wildman–Crippen MR) is 99.3 cm³/mol. The summed E-state index contributed by atoms with van der Waals surface area (Å²) < 4.78 is 5.79. The third kappa shape index (κ3) is 5.07. The minimum absolute atomic E-state index is 0.0732. The van der Waals surface area contributed by atoms with Gasteiger partial charge in [-0.05, 0) is 48.9 Å². The molecule has 0 aliphatic carbocycles. The van der Waals surface area contributed by atoms with E-state index in [-0.39, 0.29) is 5.91 Å². The molecule has 0 bridgehead atoms. The number of amides is 1. The van der Waals surface area contributed by atoms with Gasteiger partial charge in [0.05, 0.1) is 6.04 Å². The van der Waals surface area contributed by atoms with Crippen molar-refractivity contribution in [2.45, 2.75) is 38.3 Å². The second kappa shape index (κ2) is 8.67. The van der Waals surface area contributed by atoms with E-state index in [1.54, 1.807) is 0 Å². The van der Waals surface area contributed by atoms with Crippen LogP contribution in [0.15, 0.2) is 54.6 Å². The van der Waals surface area contributed by atoms with Crippen molar-refractivity contribution < 1.29 is 9.53 Å². The molecule has 2 aromatic carbocycles. The standard InChI is InChI=1S/C21H26N2O2/c22-20(21(24)23-13-5-2-6-14-23)15-17-9-11-19(12-10-17)25-16-18-7-3-1-4-8-18/h1,3-4,7-12,20H,2,5-6,13-16,22H2. The summed E-state index contributed by atoms with van der Waals surface area (Å²) in [5, 5.41) is 0. The quantitative estimate of drug-likeness (QED) is 0.880. The lowest BCUT2D eigenvalue weighted by Crippen LogP contribution is -2.46. The fourth-order valence-electron chi connectivity index (χ4n) is 3.15. The number of ether oxygens (including phenoxy) is 1. The van der Waals surface area contributed by atoms with Crippen LogP contribution in [0.5, 0.6) is 5.75 Å². The highest BCUT2D eigenvalue weighted by atomic mass is 16.5. The maximum atomic E-state index is 12.4. The Morgan fingerprint density at radius 2 is 1.64 bits per heavy atom. The molecule has 25 heavy (non-hydrogen) atoms. The lowest BCUT2D eigenvalue weighted by atomic mass is 10.0. The molecule has 4 nitrogen and oxygen atoms in total. The summed E-state index contributed by atoms with van der Waals surface area (Å²) in [6, 6.07) is 17.5. The van der Waals surface area contributed by atoms with E-state index in [9.17, 15) is 4.79 Å². The zero-order chi connectivity index (χ0) is 17.5. The van der Waals surface area contributed by atoms with Crippen molar-refractivity contribution >= 4 is 5.91 Å². The molecule has 1 aliphatic heterocycles. The number of benzene rings is 2. The third-order valence-electron chi connectivity index (χ3n) is 4.61. The van der Waals surface area contributed by atoms with Gasteiger partial charge in [0.25, 0.3) is 0 Å². The van der Waals surface area contributed by atoms with Gasteiger partial charge >= 0.3 is 0 Å². The highest BCUT2D eigenvalue weighted by Crippen LogP contribution is 2.16. The van der Waals surface area contributed by atoms with E-state index in [2.05, 4.69) is 0 Å². The molecule has 1 aliphatic rings. The molecule has 2 N–H and O–H groups in total. The average Bonchev–Trinajstić information content (AvgIpc) is 2.68. The molecule has 1 amide bonds. The van der Waals surface area contributed by atoms with Crippen molar-refractivity contribution in [2.24, 2.45) is 5.73 Å². The monoisotopic (exact) mass is 338 g/mol. The molecule has 0 aromatic heterocycles. The topological polar surface area (TPSA) is 55.6 Å². The van der Waals surface area contributed by atoms with Crippen LogP contribution in [0.4, 0.5) is 0 Å². The Kier molecular flexibility index (Phi) is 6.07. The van der Waals surface area contributed by atoms with Crippen molar-refractivity contribution in [1.82, 2.24) is 4.90 Å². The van der Waals surface area contributed by atoms with Gasteiger partial charge in [-0.3, -0.25) is 4.79 Å². The summed E-state index contributed by atoms with van der Waals surface area (Å²) in [5.74, 6) is 0.896. The number of likely N-dealkylation sites (tertiary alicyclic amines) is 1. The van der Waals surface area contributed by atoms with Crippen LogP contribution >= 0.6 is 0 Å². The van der Waals surface area contributed by atoms with E-state index in [1.807, 2.05) is 59.5 Å². The average molecular weight is 338 g/mol. The van der Waals surface area contributed by atoms with E-state index < -0.39 is 6.04 Å². The van der Waals surface area contributed by atoms with Gasteiger partial charge in [0, 0.05) is 13.1 Å². The summed E-state index contributed by atoms with van der Waals surface area (Å²) in [5.41, 5.74) is 8.33. The smallest absolute Gasteiger partial charge is 0.239 e. The van der Waals surface area contributed by atoms with E-state index in [0.29, 0.717) is 13.0 Å². The maximum absolute atomic E-state index is 12.4. The zero-order valence-electron chi connectivity index (χ0n) is 14.6. The van der Waals surface area contributed by atoms with E-state index in [4.69, 9.17) is 10.5 Å². The highest BCUT2D eigenvalue weighted by Gasteiger charge is 2.22. The van der Waals surface area contributed by atoms with Gasteiger partial charge in [0.1, 0.15) is 12.4 Å². The van der Waals surface area contributed by atoms with E-state index in [1.165, 1.54) is 6.42 Å². The van der Waals surface area contributed by atoms with Crippen molar-refractivity contribution in [2.75, 3.05) is 13.1 Å². The molecule has 0 saturated carbocycles. The van der Waals surface area contributed by atoms with Crippen molar-refractivity contribution in [3.8, 4) is 5.75 Å². The van der Waals surface area contributed by atoms with Crippen molar-refractivity contribution in [1.29, 1.82) is 0 Å². The molecule has 4 heteroatoms. The Balaban J connectivity index is 1.50. The SMILES string of the molecule is NC(Cc1ccc(OCc2ccccc2)cc1)C(=O)N1CCCCC1. The van der Waals surface area contributed by atoms with Gasteiger partial charge in [-0.25, -0.2) is 0 Å². The molecule has 1 heterocycles. The summed E-state index contributed by atoms with van der Waals surface area (Å²) >= 11 is 0. The van der Waals surface area contributed by atoms with Crippen LogP contribution in [0.1, 0.15) is 30.4 Å². The Hall–Kier alpha value is -2.33. The number of nitrogens with zero attached hydrogens (tertiary/aromatic N) is 1. The molecule has 1 saturated heterocycles. The second-order valence-corrected chi connectivity index (χ2v) is 6.61. The molecular weight excluding hydrogens is 312 g/mol. The van der Waals surface area contributed by atoms with Crippen LogP contribution in [0.25, 0.3) is 0 Å². The van der Waals surface area contributed by atoms with Gasteiger partial charge in [-0.1, -0.05) is 42.5 Å². The van der Waals surface area contributed by atoms with Crippen molar-refractivity contribution in [3.63, 3.8) is 0 Å². The summed E-state index contributed by atoms with van der Waals surface area (Å²) in [6.07, 6.45) is 3.95. The minimum Gasteiger partial charge on any atom is -0.489 e. The second-order valence-electron chi connectivity index (χ2n) is 6.61. The third-order valence-corrected chi connectivity index (χ3v) is 4.61. The minimum atomic E-state index is -0.464. The van der Waals surface area contributed by atoms with Crippen LogP contribution in [0.3, 0.4) is 0 Å². The van der Waals surface area contributed by atoms with Gasteiger partial charge in [-0.15, -0.1) is 0 Å². The van der Waals surface area contributed by atoms with Crippen LogP contribution in [0, 0.1) is 0 Å². The first-order chi connectivity index (χ1) is 12.2. The van der Waals surface area contributed by atoms with E-state index in [0.717, 1.165) is 42.8 Å². The lowest BCUT2D eigenvalue weighted by molar-refractivity contribution is -0.133. The molecule has 1 fully saturated rings. The number of piperidine rings is 1. The fraction of sp³-hybridized carbons (Fsp3) is 0.381. The Labute approximate surface area is 149 Å². The summed E-state index contributed by atoms with van der Waals surface area (Å²) in [4.78, 5) is 14.3. The van der Waals surface area contributed by atoms with Gasteiger partial charge in [0.15, 0.2) is 0 Å². The van der Waals surface area contributed by atoms with Gasteiger partial charge in [-0.2, -0.15) is 0 Å². The predicted octanol–water partition coefficient (Wildman–Crippen LogP) is 3.15. The maximum Gasteiger partial charge on any atom is 0.239 e. The molecule has 1 unspecified atom stereocenters. The number of carbonyl (C=O) groups excluding carboxylic acids is 1. The van der Waals surface area contributed by atoms with Crippen LogP contribution < -0.4 is 10.5 Å².